The lowest BCUT2D eigenvalue weighted by molar-refractivity contribution is 0.688. The van der Waals surface area contributed by atoms with E-state index < -0.39 is 0 Å². The van der Waals surface area contributed by atoms with Gasteiger partial charge < -0.3 is 10.6 Å². The maximum atomic E-state index is 5.91. The van der Waals surface area contributed by atoms with Gasteiger partial charge in [-0.05, 0) is 49.1 Å². The highest BCUT2D eigenvalue weighted by molar-refractivity contribution is 7.09. The summed E-state index contributed by atoms with van der Waals surface area (Å²) in [5, 5.41) is 2.13. The van der Waals surface area contributed by atoms with Crippen molar-refractivity contribution in [3.63, 3.8) is 0 Å². The number of benzene rings is 1. The van der Waals surface area contributed by atoms with Crippen LogP contribution in [-0.2, 0) is 6.42 Å². The Morgan fingerprint density at radius 3 is 2.72 bits per heavy atom. The summed E-state index contributed by atoms with van der Waals surface area (Å²) < 4.78 is 0. The average molecular weight is 260 g/mol. The molecule has 1 aromatic carbocycles. The molecular formula is C15H20N2S. The zero-order valence-electron chi connectivity index (χ0n) is 11.2. The number of rotatable bonds is 4. The lowest BCUT2D eigenvalue weighted by Gasteiger charge is -2.27. The van der Waals surface area contributed by atoms with E-state index in [1.165, 1.54) is 16.1 Å². The standard InChI is InChI=1S/C15H20N2S/c1-11-7-13(16)10-14(8-11)17(3)12(2)9-15-5-4-6-18-15/h4-8,10,12H,9,16H2,1-3H3. The van der Waals surface area contributed by atoms with E-state index in [9.17, 15) is 0 Å². The van der Waals surface area contributed by atoms with E-state index in [1.54, 1.807) is 0 Å². The molecule has 3 heteroatoms. The number of nitrogens with zero attached hydrogens (tertiary/aromatic N) is 1. The first-order chi connectivity index (χ1) is 8.56. The molecule has 1 atom stereocenters. The van der Waals surface area contributed by atoms with Crippen molar-refractivity contribution in [1.82, 2.24) is 0 Å². The van der Waals surface area contributed by atoms with E-state index in [0.717, 1.165) is 12.1 Å². The lowest BCUT2D eigenvalue weighted by Crippen LogP contribution is -2.30. The van der Waals surface area contributed by atoms with Gasteiger partial charge in [-0.3, -0.25) is 0 Å². The van der Waals surface area contributed by atoms with E-state index in [2.05, 4.69) is 49.4 Å². The Bertz CT molecular complexity index is 485. The summed E-state index contributed by atoms with van der Waals surface area (Å²) in [6.07, 6.45) is 1.07. The number of likely N-dealkylation sites (N-methyl/N-ethyl adjacent to an activating group) is 1. The third-order valence-corrected chi connectivity index (χ3v) is 4.13. The summed E-state index contributed by atoms with van der Waals surface area (Å²) in [5.41, 5.74) is 9.14. The van der Waals surface area contributed by atoms with Crippen LogP contribution in [0, 0.1) is 6.92 Å². The predicted octanol–water partition coefficient (Wildman–Crippen LogP) is 3.71. The number of anilines is 2. The molecule has 2 N–H and O–H groups in total. The molecule has 0 spiro atoms. The van der Waals surface area contributed by atoms with E-state index in [1.807, 2.05) is 23.5 Å². The van der Waals surface area contributed by atoms with E-state index in [0.29, 0.717) is 6.04 Å². The molecule has 1 aromatic heterocycles. The number of aryl methyl sites for hydroxylation is 1. The van der Waals surface area contributed by atoms with Crippen LogP contribution in [0.15, 0.2) is 35.7 Å². The molecule has 1 heterocycles. The fourth-order valence-corrected chi connectivity index (χ4v) is 2.93. The molecule has 0 aliphatic rings. The van der Waals surface area contributed by atoms with Crippen LogP contribution in [0.4, 0.5) is 11.4 Å². The third kappa shape index (κ3) is 3.05. The predicted molar refractivity (Wildman–Crippen MR) is 81.5 cm³/mol. The van der Waals surface area contributed by atoms with Gasteiger partial charge in [-0.2, -0.15) is 0 Å². The molecule has 0 radical (unpaired) electrons. The van der Waals surface area contributed by atoms with Crippen molar-refractivity contribution in [2.75, 3.05) is 17.7 Å². The largest absolute Gasteiger partial charge is 0.399 e. The Morgan fingerprint density at radius 1 is 1.33 bits per heavy atom. The number of hydrogen-bond donors (Lipinski definition) is 1. The van der Waals surface area contributed by atoms with Gasteiger partial charge in [0, 0.05) is 35.8 Å². The Morgan fingerprint density at radius 2 is 2.11 bits per heavy atom. The molecule has 0 fully saturated rings. The van der Waals surface area contributed by atoms with Gasteiger partial charge in [-0.25, -0.2) is 0 Å². The number of nitrogens with two attached hydrogens (primary N) is 1. The smallest absolute Gasteiger partial charge is 0.0389 e. The summed E-state index contributed by atoms with van der Waals surface area (Å²) in [7, 11) is 2.13. The zero-order chi connectivity index (χ0) is 13.1. The second-order valence-corrected chi connectivity index (χ2v) is 5.88. The summed E-state index contributed by atoms with van der Waals surface area (Å²) in [4.78, 5) is 3.72. The fraction of sp³-hybridized carbons (Fsp3) is 0.333. The lowest BCUT2D eigenvalue weighted by atomic mass is 10.1. The van der Waals surface area contributed by atoms with Crippen molar-refractivity contribution in [3.05, 3.63) is 46.2 Å². The fourth-order valence-electron chi connectivity index (χ4n) is 2.11. The highest BCUT2D eigenvalue weighted by atomic mass is 32.1. The molecule has 0 aliphatic carbocycles. The summed E-state index contributed by atoms with van der Waals surface area (Å²) in [6, 6.07) is 11.0. The topological polar surface area (TPSA) is 29.3 Å². The molecule has 96 valence electrons. The van der Waals surface area contributed by atoms with Crippen LogP contribution in [0.5, 0.6) is 0 Å². The Labute approximate surface area is 113 Å². The molecule has 0 amide bonds. The van der Waals surface area contributed by atoms with E-state index in [-0.39, 0.29) is 0 Å². The first kappa shape index (κ1) is 13.0. The number of hydrogen-bond acceptors (Lipinski definition) is 3. The number of thiophene rings is 1. The Hall–Kier alpha value is -1.48. The average Bonchev–Trinajstić information content (AvgIpc) is 2.79. The van der Waals surface area contributed by atoms with Gasteiger partial charge in [0.15, 0.2) is 0 Å². The number of nitrogen functional groups attached to an aromatic ring is 1. The van der Waals surface area contributed by atoms with Gasteiger partial charge in [0.1, 0.15) is 0 Å². The summed E-state index contributed by atoms with van der Waals surface area (Å²) in [5.74, 6) is 0. The molecule has 2 nitrogen and oxygen atoms in total. The van der Waals surface area contributed by atoms with Crippen LogP contribution in [0.2, 0.25) is 0 Å². The molecule has 2 aromatic rings. The molecule has 0 saturated heterocycles. The van der Waals surface area contributed by atoms with Crippen molar-refractivity contribution in [2.45, 2.75) is 26.3 Å². The highest BCUT2D eigenvalue weighted by Crippen LogP contribution is 2.23. The molecule has 2 rings (SSSR count). The van der Waals surface area contributed by atoms with Crippen molar-refractivity contribution in [2.24, 2.45) is 0 Å². The minimum Gasteiger partial charge on any atom is -0.399 e. The molecule has 0 aliphatic heterocycles. The second-order valence-electron chi connectivity index (χ2n) is 4.85. The van der Waals surface area contributed by atoms with Gasteiger partial charge in [-0.1, -0.05) is 6.07 Å². The Balaban J connectivity index is 2.12. The van der Waals surface area contributed by atoms with Crippen molar-refractivity contribution in [3.8, 4) is 0 Å². The van der Waals surface area contributed by atoms with Crippen LogP contribution in [0.1, 0.15) is 17.4 Å². The monoisotopic (exact) mass is 260 g/mol. The van der Waals surface area contributed by atoms with Gasteiger partial charge in [-0.15, -0.1) is 11.3 Å². The van der Waals surface area contributed by atoms with Crippen molar-refractivity contribution in [1.29, 1.82) is 0 Å². The van der Waals surface area contributed by atoms with Crippen LogP contribution in [-0.4, -0.2) is 13.1 Å². The van der Waals surface area contributed by atoms with Crippen LogP contribution in [0.25, 0.3) is 0 Å². The van der Waals surface area contributed by atoms with Gasteiger partial charge in [0.2, 0.25) is 0 Å². The SMILES string of the molecule is Cc1cc(N)cc(N(C)C(C)Cc2cccs2)c1. The Kier molecular flexibility index (Phi) is 3.92. The molecule has 1 unspecified atom stereocenters. The van der Waals surface area contributed by atoms with Crippen LogP contribution >= 0.6 is 11.3 Å². The van der Waals surface area contributed by atoms with E-state index >= 15 is 0 Å². The van der Waals surface area contributed by atoms with Crippen molar-refractivity contribution >= 4 is 22.7 Å². The highest BCUT2D eigenvalue weighted by Gasteiger charge is 2.12. The normalized spacial score (nSPS) is 12.4. The summed E-state index contributed by atoms with van der Waals surface area (Å²) in [6.45, 7) is 4.33. The van der Waals surface area contributed by atoms with Gasteiger partial charge in [0.05, 0.1) is 0 Å². The quantitative estimate of drug-likeness (QED) is 0.849. The molecule has 18 heavy (non-hydrogen) atoms. The summed E-state index contributed by atoms with van der Waals surface area (Å²) >= 11 is 1.82. The second kappa shape index (κ2) is 5.44. The minimum atomic E-state index is 0.463. The first-order valence-electron chi connectivity index (χ1n) is 6.18. The van der Waals surface area contributed by atoms with Crippen LogP contribution < -0.4 is 10.6 Å². The third-order valence-electron chi connectivity index (χ3n) is 3.23. The maximum absolute atomic E-state index is 5.91. The van der Waals surface area contributed by atoms with Crippen LogP contribution in [0.3, 0.4) is 0 Å². The molecule has 0 saturated carbocycles. The van der Waals surface area contributed by atoms with E-state index in [4.69, 9.17) is 5.73 Å². The molecular weight excluding hydrogens is 240 g/mol. The minimum absolute atomic E-state index is 0.463. The maximum Gasteiger partial charge on any atom is 0.0389 e. The zero-order valence-corrected chi connectivity index (χ0v) is 12.0. The first-order valence-corrected chi connectivity index (χ1v) is 7.06. The van der Waals surface area contributed by atoms with Crippen molar-refractivity contribution < 1.29 is 0 Å². The molecule has 0 bridgehead atoms. The van der Waals surface area contributed by atoms with Gasteiger partial charge in [0.25, 0.3) is 0 Å². The van der Waals surface area contributed by atoms with Gasteiger partial charge >= 0.3 is 0 Å².